The number of hydrogen-bond acceptors (Lipinski definition) is 3. The Bertz CT molecular complexity index is 428. The molecular formula is C10H15N5. The van der Waals surface area contributed by atoms with Gasteiger partial charge in [0.25, 0.3) is 0 Å². The molecule has 0 aromatic carbocycles. The molecule has 2 heterocycles. The van der Waals surface area contributed by atoms with Gasteiger partial charge in [0.05, 0.1) is 18.4 Å². The summed E-state index contributed by atoms with van der Waals surface area (Å²) < 4.78 is 3.75. The number of anilines is 1. The van der Waals surface area contributed by atoms with E-state index in [0.29, 0.717) is 12.4 Å². The SMILES string of the molecule is CCCn1nccc1Cn1nccc1N. The van der Waals surface area contributed by atoms with Gasteiger partial charge in [-0.3, -0.25) is 4.68 Å². The number of hydrogen-bond donors (Lipinski definition) is 1. The second-order valence-corrected chi connectivity index (χ2v) is 3.46. The van der Waals surface area contributed by atoms with E-state index in [4.69, 9.17) is 5.73 Å². The summed E-state index contributed by atoms with van der Waals surface area (Å²) in [4.78, 5) is 0. The van der Waals surface area contributed by atoms with Crippen LogP contribution in [0.15, 0.2) is 24.5 Å². The fourth-order valence-electron chi connectivity index (χ4n) is 1.54. The maximum absolute atomic E-state index is 5.75. The number of nitrogens with zero attached hydrogens (tertiary/aromatic N) is 4. The molecule has 0 aliphatic rings. The van der Waals surface area contributed by atoms with Crippen molar-refractivity contribution in [1.29, 1.82) is 0 Å². The normalized spacial score (nSPS) is 10.7. The minimum absolute atomic E-state index is 0.679. The van der Waals surface area contributed by atoms with E-state index in [9.17, 15) is 0 Å². The Kier molecular flexibility index (Phi) is 2.71. The van der Waals surface area contributed by atoms with Gasteiger partial charge < -0.3 is 5.73 Å². The third-order valence-electron chi connectivity index (χ3n) is 2.30. The highest BCUT2D eigenvalue weighted by molar-refractivity contribution is 5.26. The molecule has 0 saturated heterocycles. The largest absolute Gasteiger partial charge is 0.384 e. The van der Waals surface area contributed by atoms with Crippen LogP contribution in [0.5, 0.6) is 0 Å². The third-order valence-corrected chi connectivity index (χ3v) is 2.30. The van der Waals surface area contributed by atoms with Crippen LogP contribution in [-0.4, -0.2) is 19.6 Å². The quantitative estimate of drug-likeness (QED) is 0.813. The van der Waals surface area contributed by atoms with E-state index in [1.54, 1.807) is 16.9 Å². The lowest BCUT2D eigenvalue weighted by molar-refractivity contribution is 0.549. The van der Waals surface area contributed by atoms with E-state index in [1.165, 1.54) is 0 Å². The Labute approximate surface area is 88.5 Å². The molecular weight excluding hydrogens is 190 g/mol. The number of rotatable bonds is 4. The Morgan fingerprint density at radius 2 is 1.93 bits per heavy atom. The van der Waals surface area contributed by atoms with Gasteiger partial charge in [-0.05, 0) is 18.6 Å². The average Bonchev–Trinajstić information content (AvgIpc) is 2.80. The summed E-state index contributed by atoms with van der Waals surface area (Å²) in [5, 5.41) is 8.39. The van der Waals surface area contributed by atoms with E-state index >= 15 is 0 Å². The molecule has 5 nitrogen and oxygen atoms in total. The molecule has 0 atom stereocenters. The molecule has 0 unspecified atom stereocenters. The van der Waals surface area contributed by atoms with Crippen molar-refractivity contribution in [2.45, 2.75) is 26.4 Å². The van der Waals surface area contributed by atoms with Gasteiger partial charge in [-0.1, -0.05) is 6.92 Å². The lowest BCUT2D eigenvalue weighted by atomic mass is 10.4. The van der Waals surface area contributed by atoms with E-state index in [0.717, 1.165) is 18.7 Å². The lowest BCUT2D eigenvalue weighted by Crippen LogP contribution is -2.11. The predicted molar refractivity (Wildman–Crippen MR) is 58.3 cm³/mol. The summed E-state index contributed by atoms with van der Waals surface area (Å²) in [6, 6.07) is 3.79. The molecule has 2 aromatic rings. The summed E-state index contributed by atoms with van der Waals surface area (Å²) in [7, 11) is 0. The third kappa shape index (κ3) is 2.01. The molecule has 2 aromatic heterocycles. The van der Waals surface area contributed by atoms with Crippen LogP contribution in [0.4, 0.5) is 5.82 Å². The van der Waals surface area contributed by atoms with Crippen molar-refractivity contribution < 1.29 is 0 Å². The lowest BCUT2D eigenvalue weighted by Gasteiger charge is -2.07. The van der Waals surface area contributed by atoms with Crippen LogP contribution in [0.1, 0.15) is 19.0 Å². The topological polar surface area (TPSA) is 61.7 Å². The first kappa shape index (κ1) is 9.76. The number of aryl methyl sites for hydroxylation is 1. The van der Waals surface area contributed by atoms with Crippen molar-refractivity contribution in [2.75, 3.05) is 5.73 Å². The van der Waals surface area contributed by atoms with Crippen molar-refractivity contribution in [1.82, 2.24) is 19.6 Å². The van der Waals surface area contributed by atoms with Crippen molar-refractivity contribution in [2.24, 2.45) is 0 Å². The average molecular weight is 205 g/mol. The standard InChI is InChI=1S/C10H15N5/c1-2-7-14-9(3-5-12-14)8-15-10(11)4-6-13-15/h3-6H,2,7-8,11H2,1H3. The first-order valence-electron chi connectivity index (χ1n) is 5.09. The van der Waals surface area contributed by atoms with Gasteiger partial charge in [0.1, 0.15) is 5.82 Å². The molecule has 15 heavy (non-hydrogen) atoms. The van der Waals surface area contributed by atoms with Gasteiger partial charge in [0, 0.05) is 12.7 Å². The number of nitrogens with two attached hydrogens (primary N) is 1. The highest BCUT2D eigenvalue weighted by atomic mass is 15.3. The molecule has 0 radical (unpaired) electrons. The van der Waals surface area contributed by atoms with Crippen LogP contribution in [0.25, 0.3) is 0 Å². The van der Waals surface area contributed by atoms with Crippen molar-refractivity contribution in [3.05, 3.63) is 30.2 Å². The van der Waals surface area contributed by atoms with Crippen LogP contribution in [0.3, 0.4) is 0 Å². The maximum Gasteiger partial charge on any atom is 0.122 e. The first-order chi connectivity index (χ1) is 7.31. The molecule has 2 rings (SSSR count). The van der Waals surface area contributed by atoms with Crippen LogP contribution in [0.2, 0.25) is 0 Å². The maximum atomic E-state index is 5.75. The van der Waals surface area contributed by atoms with Crippen LogP contribution >= 0.6 is 0 Å². The summed E-state index contributed by atoms with van der Waals surface area (Å²) in [5.74, 6) is 0.680. The predicted octanol–water partition coefficient (Wildman–Crippen LogP) is 1.12. The minimum atomic E-state index is 0.679. The molecule has 0 bridgehead atoms. The summed E-state index contributed by atoms with van der Waals surface area (Å²) >= 11 is 0. The monoisotopic (exact) mass is 205 g/mol. The fraction of sp³-hybridized carbons (Fsp3) is 0.400. The zero-order valence-electron chi connectivity index (χ0n) is 8.80. The zero-order chi connectivity index (χ0) is 10.7. The summed E-state index contributed by atoms with van der Waals surface area (Å²) in [5.41, 5.74) is 6.88. The van der Waals surface area contributed by atoms with Gasteiger partial charge >= 0.3 is 0 Å². The zero-order valence-corrected chi connectivity index (χ0v) is 8.80. The molecule has 2 N–H and O–H groups in total. The van der Waals surface area contributed by atoms with Gasteiger partial charge in [0.15, 0.2) is 0 Å². The van der Waals surface area contributed by atoms with Crippen molar-refractivity contribution >= 4 is 5.82 Å². The van der Waals surface area contributed by atoms with E-state index < -0.39 is 0 Å². The first-order valence-corrected chi connectivity index (χ1v) is 5.09. The van der Waals surface area contributed by atoms with E-state index in [2.05, 4.69) is 17.1 Å². The Balaban J connectivity index is 2.17. The molecule has 0 spiro atoms. The van der Waals surface area contributed by atoms with Gasteiger partial charge in [-0.25, -0.2) is 4.68 Å². The van der Waals surface area contributed by atoms with Gasteiger partial charge in [-0.2, -0.15) is 10.2 Å². The second kappa shape index (κ2) is 4.16. The van der Waals surface area contributed by atoms with E-state index in [1.807, 2.05) is 16.9 Å². The highest BCUT2D eigenvalue weighted by Gasteiger charge is 2.04. The Morgan fingerprint density at radius 3 is 2.60 bits per heavy atom. The molecule has 5 heteroatoms. The molecule has 0 amide bonds. The van der Waals surface area contributed by atoms with Crippen LogP contribution in [0, 0.1) is 0 Å². The van der Waals surface area contributed by atoms with Crippen LogP contribution in [-0.2, 0) is 13.1 Å². The van der Waals surface area contributed by atoms with Crippen molar-refractivity contribution in [3.8, 4) is 0 Å². The highest BCUT2D eigenvalue weighted by Crippen LogP contribution is 2.06. The van der Waals surface area contributed by atoms with E-state index in [-0.39, 0.29) is 0 Å². The van der Waals surface area contributed by atoms with Gasteiger partial charge in [0.2, 0.25) is 0 Å². The molecule has 0 aliphatic carbocycles. The van der Waals surface area contributed by atoms with Crippen LogP contribution < -0.4 is 5.73 Å². The summed E-state index contributed by atoms with van der Waals surface area (Å²) in [6.07, 6.45) is 4.59. The second-order valence-electron chi connectivity index (χ2n) is 3.46. The molecule has 0 fully saturated rings. The number of nitrogen functional groups attached to an aromatic ring is 1. The molecule has 0 aliphatic heterocycles. The smallest absolute Gasteiger partial charge is 0.122 e. The number of aromatic nitrogens is 4. The van der Waals surface area contributed by atoms with Crippen molar-refractivity contribution in [3.63, 3.8) is 0 Å². The summed E-state index contributed by atoms with van der Waals surface area (Å²) in [6.45, 7) is 3.75. The Hall–Kier alpha value is -1.78. The fourth-order valence-corrected chi connectivity index (χ4v) is 1.54. The van der Waals surface area contributed by atoms with Gasteiger partial charge in [-0.15, -0.1) is 0 Å². The molecule has 80 valence electrons. The molecule has 0 saturated carbocycles. The minimum Gasteiger partial charge on any atom is -0.384 e. The Morgan fingerprint density at radius 1 is 1.20 bits per heavy atom.